The summed E-state index contributed by atoms with van der Waals surface area (Å²) in [5, 5.41) is 20.3. The maximum Gasteiger partial charge on any atom is 0.276 e. The molecule has 0 aliphatic rings. The predicted octanol–water partition coefficient (Wildman–Crippen LogP) is 2.48. The topological polar surface area (TPSA) is 124 Å². The third kappa shape index (κ3) is 4.70. The molecule has 104 valence electrons. The molecule has 0 saturated heterocycles. The van der Waals surface area contributed by atoms with E-state index in [1.165, 1.54) is 18.2 Å². The molecule has 8 heteroatoms. The van der Waals surface area contributed by atoms with Gasteiger partial charge in [-0.2, -0.15) is 0 Å². The highest BCUT2D eigenvalue weighted by Gasteiger charge is 2.11. The molecule has 0 atom stereocenters. The number of non-ortho nitro benzene ring substituents is 2. The van der Waals surface area contributed by atoms with Crippen LogP contribution in [0.2, 0.25) is 0 Å². The van der Waals surface area contributed by atoms with E-state index in [2.05, 4.69) is 5.43 Å². The Kier molecular flexibility index (Phi) is 5.60. The molecule has 0 aliphatic carbocycles. The first-order valence-corrected chi connectivity index (χ1v) is 5.45. The third-order valence-electron chi connectivity index (χ3n) is 2.19. The Labute approximate surface area is 114 Å². The van der Waals surface area contributed by atoms with E-state index in [1.54, 1.807) is 0 Å². The average molecular weight is 276 g/mol. The Morgan fingerprint density at radius 1 is 0.850 bits per heavy atom. The molecule has 8 nitrogen and oxygen atoms in total. The molecule has 0 bridgehead atoms. The Hall–Kier alpha value is -3.00. The molecule has 0 saturated carbocycles. The lowest BCUT2D eigenvalue weighted by molar-refractivity contribution is -0.394. The number of nitro groups is 2. The van der Waals surface area contributed by atoms with Gasteiger partial charge in [0.05, 0.1) is 15.9 Å². The summed E-state index contributed by atoms with van der Waals surface area (Å²) in [7, 11) is 0. The van der Waals surface area contributed by atoms with Crippen LogP contribution in [0.1, 0.15) is 0 Å². The van der Waals surface area contributed by atoms with Crippen LogP contribution in [0, 0.1) is 20.2 Å². The van der Waals surface area contributed by atoms with Crippen LogP contribution in [0.15, 0.2) is 54.6 Å². The fraction of sp³-hybridized carbons (Fsp3) is 0. The average Bonchev–Trinajstić information content (AvgIpc) is 2.49. The molecule has 0 aliphatic heterocycles. The summed E-state index contributed by atoms with van der Waals surface area (Å²) in [5.74, 6) is 5.10. The maximum atomic E-state index is 10.2. The molecule has 2 rings (SSSR count). The predicted molar refractivity (Wildman–Crippen MR) is 74.0 cm³/mol. The number of para-hydroxylation sites is 1. The summed E-state index contributed by atoms with van der Waals surface area (Å²) >= 11 is 0. The van der Waals surface area contributed by atoms with Gasteiger partial charge in [0.25, 0.3) is 11.4 Å². The van der Waals surface area contributed by atoms with Crippen molar-refractivity contribution in [2.24, 2.45) is 5.84 Å². The minimum Gasteiger partial charge on any atom is -0.324 e. The summed E-state index contributed by atoms with van der Waals surface area (Å²) in [5.41, 5.74) is 2.92. The van der Waals surface area contributed by atoms with Crippen LogP contribution in [-0.2, 0) is 0 Å². The fourth-order valence-electron chi connectivity index (χ4n) is 1.25. The molecular formula is C12H12N4O4. The molecule has 0 fully saturated rings. The number of hydrogen-bond donors (Lipinski definition) is 2. The van der Waals surface area contributed by atoms with Crippen molar-refractivity contribution in [1.82, 2.24) is 0 Å². The number of rotatable bonds is 3. The van der Waals surface area contributed by atoms with E-state index in [0.717, 1.165) is 11.8 Å². The minimum atomic E-state index is -0.674. The summed E-state index contributed by atoms with van der Waals surface area (Å²) in [4.78, 5) is 19.0. The first kappa shape index (κ1) is 15.1. The van der Waals surface area contributed by atoms with Gasteiger partial charge in [-0.25, -0.2) is 0 Å². The first-order valence-electron chi connectivity index (χ1n) is 5.45. The Morgan fingerprint density at radius 2 is 1.35 bits per heavy atom. The summed E-state index contributed by atoms with van der Waals surface area (Å²) in [6, 6.07) is 14.2. The van der Waals surface area contributed by atoms with Crippen LogP contribution in [0.3, 0.4) is 0 Å². The zero-order chi connectivity index (χ0) is 15.0. The molecule has 0 spiro atoms. The highest BCUT2D eigenvalue weighted by molar-refractivity contribution is 5.42. The van der Waals surface area contributed by atoms with E-state index in [0.29, 0.717) is 0 Å². The highest BCUT2D eigenvalue weighted by Crippen LogP contribution is 2.18. The molecule has 0 unspecified atom stereocenters. The van der Waals surface area contributed by atoms with Crippen molar-refractivity contribution in [2.75, 3.05) is 5.43 Å². The van der Waals surface area contributed by atoms with Gasteiger partial charge in [-0.1, -0.05) is 18.2 Å². The summed E-state index contributed by atoms with van der Waals surface area (Å²) in [6.07, 6.45) is 0. The van der Waals surface area contributed by atoms with Crippen molar-refractivity contribution in [1.29, 1.82) is 0 Å². The second kappa shape index (κ2) is 7.44. The number of hydrogen-bond acceptors (Lipinski definition) is 6. The van der Waals surface area contributed by atoms with Crippen LogP contribution in [0.25, 0.3) is 0 Å². The number of anilines is 1. The van der Waals surface area contributed by atoms with E-state index in [1.807, 2.05) is 30.3 Å². The second-order valence-electron chi connectivity index (χ2n) is 3.54. The van der Waals surface area contributed by atoms with Crippen molar-refractivity contribution in [2.45, 2.75) is 0 Å². The lowest BCUT2D eigenvalue weighted by atomic mass is 10.3. The van der Waals surface area contributed by atoms with Gasteiger partial charge in [-0.3, -0.25) is 26.1 Å². The molecule has 0 heterocycles. The third-order valence-corrected chi connectivity index (χ3v) is 2.19. The SMILES string of the molecule is NNc1ccccc1.O=[N+]([O-])c1cccc([N+](=O)[O-])c1. The van der Waals surface area contributed by atoms with Crippen LogP contribution in [0.5, 0.6) is 0 Å². The van der Waals surface area contributed by atoms with E-state index >= 15 is 0 Å². The molecule has 20 heavy (non-hydrogen) atoms. The van der Waals surface area contributed by atoms with Crippen LogP contribution >= 0.6 is 0 Å². The van der Waals surface area contributed by atoms with Crippen molar-refractivity contribution in [3.8, 4) is 0 Å². The Morgan fingerprint density at radius 3 is 1.70 bits per heavy atom. The molecular weight excluding hydrogens is 264 g/mol. The summed E-state index contributed by atoms with van der Waals surface area (Å²) in [6.45, 7) is 0. The van der Waals surface area contributed by atoms with Gasteiger partial charge in [0.1, 0.15) is 0 Å². The van der Waals surface area contributed by atoms with Gasteiger partial charge < -0.3 is 5.43 Å². The normalized spacial score (nSPS) is 9.05. The summed E-state index contributed by atoms with van der Waals surface area (Å²) < 4.78 is 0. The zero-order valence-corrected chi connectivity index (χ0v) is 10.3. The van der Waals surface area contributed by atoms with Crippen molar-refractivity contribution in [3.05, 3.63) is 74.8 Å². The molecule has 0 amide bonds. The Bertz CT molecular complexity index is 560. The van der Waals surface area contributed by atoms with Crippen molar-refractivity contribution < 1.29 is 9.85 Å². The monoisotopic (exact) mass is 276 g/mol. The van der Waals surface area contributed by atoms with Gasteiger partial charge in [-0.15, -0.1) is 0 Å². The highest BCUT2D eigenvalue weighted by atomic mass is 16.6. The van der Waals surface area contributed by atoms with E-state index in [4.69, 9.17) is 5.84 Å². The largest absolute Gasteiger partial charge is 0.324 e. The number of nitrogen functional groups attached to an aromatic ring is 1. The van der Waals surface area contributed by atoms with E-state index in [-0.39, 0.29) is 11.4 Å². The molecule has 2 aromatic rings. The van der Waals surface area contributed by atoms with Gasteiger partial charge in [0.15, 0.2) is 0 Å². The second-order valence-corrected chi connectivity index (χ2v) is 3.54. The molecule has 0 aromatic heterocycles. The number of nitrogens with two attached hydrogens (primary N) is 1. The van der Waals surface area contributed by atoms with Crippen LogP contribution in [-0.4, -0.2) is 9.85 Å². The van der Waals surface area contributed by atoms with Gasteiger partial charge in [0, 0.05) is 17.8 Å². The smallest absolute Gasteiger partial charge is 0.276 e. The first-order chi connectivity index (χ1) is 9.54. The minimum absolute atomic E-state index is 0.274. The van der Waals surface area contributed by atoms with Gasteiger partial charge in [0.2, 0.25) is 0 Å². The number of nitrogens with one attached hydrogen (secondary N) is 1. The lowest BCUT2D eigenvalue weighted by Crippen LogP contribution is -2.05. The van der Waals surface area contributed by atoms with Crippen LogP contribution < -0.4 is 11.3 Å². The number of nitrogens with zero attached hydrogens (tertiary/aromatic N) is 2. The lowest BCUT2D eigenvalue weighted by Gasteiger charge is -1.94. The zero-order valence-electron chi connectivity index (χ0n) is 10.3. The Balaban J connectivity index is 0.000000217. The van der Waals surface area contributed by atoms with Crippen molar-refractivity contribution >= 4 is 17.1 Å². The van der Waals surface area contributed by atoms with E-state index in [9.17, 15) is 20.2 Å². The quantitative estimate of drug-likeness (QED) is 0.504. The molecule has 3 N–H and O–H groups in total. The number of hydrazine groups is 1. The number of benzene rings is 2. The maximum absolute atomic E-state index is 10.2. The van der Waals surface area contributed by atoms with Gasteiger partial charge in [-0.05, 0) is 18.2 Å². The number of nitro benzene ring substituents is 2. The van der Waals surface area contributed by atoms with Crippen molar-refractivity contribution in [3.63, 3.8) is 0 Å². The standard InChI is InChI=1S/C6H4N2O4.C6H8N2/c9-7(10)5-2-1-3-6(4-5)8(11)12;7-8-6-4-2-1-3-5-6/h1-4H;1-5,8H,7H2. The van der Waals surface area contributed by atoms with E-state index < -0.39 is 9.85 Å². The molecule has 2 aromatic carbocycles. The van der Waals surface area contributed by atoms with Gasteiger partial charge >= 0.3 is 0 Å². The van der Waals surface area contributed by atoms with Crippen LogP contribution in [0.4, 0.5) is 17.1 Å². The fourth-order valence-corrected chi connectivity index (χ4v) is 1.25. The molecule has 0 radical (unpaired) electrons.